The van der Waals surface area contributed by atoms with E-state index in [1.807, 2.05) is 0 Å². The molecule has 128 valence electrons. The van der Waals surface area contributed by atoms with Crippen molar-refractivity contribution in [3.63, 3.8) is 0 Å². The highest BCUT2D eigenvalue weighted by atomic mass is 35.5. The van der Waals surface area contributed by atoms with Crippen molar-refractivity contribution in [1.29, 1.82) is 10.5 Å². The molecule has 7 heteroatoms. The fraction of sp³-hybridized carbons (Fsp3) is 0.812. The number of nitriles is 2. The maximum atomic E-state index is 12.5. The quantitative estimate of drug-likeness (QED) is 0.795. The predicted molar refractivity (Wildman–Crippen MR) is 87.8 cm³/mol. The molecular formula is C16H25ClN4O2. The van der Waals surface area contributed by atoms with Gasteiger partial charge in [0.15, 0.2) is 0 Å². The Hall–Kier alpha value is -1.34. The Morgan fingerprint density at radius 1 is 1.26 bits per heavy atom. The average Bonchev–Trinajstić information content (AvgIpc) is 3.17. The summed E-state index contributed by atoms with van der Waals surface area (Å²) < 4.78 is 5.18. The number of rotatable bonds is 6. The Bertz CT molecular complexity index is 457. The van der Waals surface area contributed by atoms with Gasteiger partial charge in [0.2, 0.25) is 5.91 Å². The number of halogens is 1. The third-order valence-corrected chi connectivity index (χ3v) is 4.93. The molecule has 1 aliphatic heterocycles. The molecule has 1 N–H and O–H groups in total. The lowest BCUT2D eigenvalue weighted by Gasteiger charge is -2.32. The Morgan fingerprint density at radius 3 is 2.30 bits per heavy atom. The molecular weight excluding hydrogens is 316 g/mol. The summed E-state index contributed by atoms with van der Waals surface area (Å²) in [7, 11) is 1.69. The van der Waals surface area contributed by atoms with Crippen LogP contribution in [0, 0.1) is 22.7 Å². The standard InChI is InChI=1S/C16H24N4O2.ClH/c1-22-9-8-16(6-2-3-7-16)19-12-15(21)20-13(10-17)4-5-14(20)11-18;/h13-14,19H,2-9,12H2,1H3;1H/t13-,14+;. The van der Waals surface area contributed by atoms with Gasteiger partial charge in [-0.1, -0.05) is 12.8 Å². The van der Waals surface area contributed by atoms with Crippen LogP contribution >= 0.6 is 12.4 Å². The van der Waals surface area contributed by atoms with E-state index in [1.165, 1.54) is 4.90 Å². The van der Waals surface area contributed by atoms with Crippen LogP contribution in [0.1, 0.15) is 44.9 Å². The second-order valence-corrected chi connectivity index (χ2v) is 6.25. The molecule has 2 rings (SSSR count). The number of hydrogen-bond donors (Lipinski definition) is 1. The minimum absolute atomic E-state index is 0. The van der Waals surface area contributed by atoms with Gasteiger partial charge in [0.1, 0.15) is 12.1 Å². The zero-order valence-corrected chi connectivity index (χ0v) is 14.4. The summed E-state index contributed by atoms with van der Waals surface area (Å²) in [5.41, 5.74) is -0.0321. The number of methoxy groups -OCH3 is 1. The van der Waals surface area contributed by atoms with Crippen LogP contribution in [0.25, 0.3) is 0 Å². The van der Waals surface area contributed by atoms with E-state index in [9.17, 15) is 4.79 Å². The maximum absolute atomic E-state index is 12.5. The van der Waals surface area contributed by atoms with E-state index in [0.717, 1.165) is 32.1 Å². The summed E-state index contributed by atoms with van der Waals surface area (Å²) in [6, 6.07) is 3.35. The van der Waals surface area contributed by atoms with Crippen molar-refractivity contribution in [3.8, 4) is 12.1 Å². The van der Waals surface area contributed by atoms with Gasteiger partial charge in [0, 0.05) is 19.3 Å². The maximum Gasteiger partial charge on any atom is 0.238 e. The van der Waals surface area contributed by atoms with Crippen molar-refractivity contribution in [2.24, 2.45) is 0 Å². The van der Waals surface area contributed by atoms with Gasteiger partial charge in [-0.3, -0.25) is 4.79 Å². The van der Waals surface area contributed by atoms with Crippen molar-refractivity contribution in [3.05, 3.63) is 0 Å². The van der Waals surface area contributed by atoms with Gasteiger partial charge in [-0.2, -0.15) is 10.5 Å². The minimum atomic E-state index is -0.461. The lowest BCUT2D eigenvalue weighted by molar-refractivity contribution is -0.131. The molecule has 0 aromatic carbocycles. The molecule has 1 saturated heterocycles. The number of hydrogen-bond acceptors (Lipinski definition) is 5. The topological polar surface area (TPSA) is 89.2 Å². The van der Waals surface area contributed by atoms with E-state index in [0.29, 0.717) is 19.4 Å². The van der Waals surface area contributed by atoms with Crippen molar-refractivity contribution < 1.29 is 9.53 Å². The van der Waals surface area contributed by atoms with E-state index in [4.69, 9.17) is 15.3 Å². The number of ether oxygens (including phenoxy) is 1. The Morgan fingerprint density at radius 2 is 1.83 bits per heavy atom. The third kappa shape index (κ3) is 4.57. The first-order valence-electron chi connectivity index (χ1n) is 8.00. The summed E-state index contributed by atoms with van der Waals surface area (Å²) >= 11 is 0. The van der Waals surface area contributed by atoms with Crippen LogP contribution < -0.4 is 5.32 Å². The lowest BCUT2D eigenvalue weighted by atomic mass is 9.93. The van der Waals surface area contributed by atoms with Gasteiger partial charge in [-0.05, 0) is 32.1 Å². The fourth-order valence-corrected chi connectivity index (χ4v) is 3.63. The molecule has 1 aliphatic carbocycles. The number of likely N-dealkylation sites (tertiary alicyclic amines) is 1. The van der Waals surface area contributed by atoms with Crippen LogP contribution in [0.4, 0.5) is 0 Å². The average molecular weight is 341 g/mol. The molecule has 1 amide bonds. The Balaban J connectivity index is 0.00000264. The van der Waals surface area contributed by atoms with Crippen molar-refractivity contribution in [2.75, 3.05) is 20.3 Å². The number of nitrogens with one attached hydrogen (secondary N) is 1. The molecule has 0 radical (unpaired) electrons. The van der Waals surface area contributed by atoms with Gasteiger partial charge >= 0.3 is 0 Å². The Labute approximate surface area is 144 Å². The normalized spacial score (nSPS) is 25.4. The molecule has 1 saturated carbocycles. The zero-order valence-electron chi connectivity index (χ0n) is 13.6. The van der Waals surface area contributed by atoms with Crippen LogP contribution in [-0.4, -0.2) is 48.7 Å². The largest absolute Gasteiger partial charge is 0.385 e. The van der Waals surface area contributed by atoms with Gasteiger partial charge in [-0.15, -0.1) is 12.4 Å². The van der Waals surface area contributed by atoms with E-state index in [1.54, 1.807) is 7.11 Å². The first-order chi connectivity index (χ1) is 10.7. The van der Waals surface area contributed by atoms with E-state index in [-0.39, 0.29) is 30.4 Å². The predicted octanol–water partition coefficient (Wildman–Crippen LogP) is 1.75. The van der Waals surface area contributed by atoms with E-state index in [2.05, 4.69) is 17.5 Å². The summed E-state index contributed by atoms with van der Waals surface area (Å²) in [6.07, 6.45) is 6.50. The number of carbonyl (C=O) groups is 1. The van der Waals surface area contributed by atoms with Crippen LogP contribution in [0.2, 0.25) is 0 Å². The molecule has 23 heavy (non-hydrogen) atoms. The number of carbonyl (C=O) groups excluding carboxylic acids is 1. The fourth-order valence-electron chi connectivity index (χ4n) is 3.63. The molecule has 0 aromatic rings. The summed E-state index contributed by atoms with van der Waals surface area (Å²) in [6.45, 7) is 0.868. The molecule has 0 spiro atoms. The second kappa shape index (κ2) is 9.08. The smallest absolute Gasteiger partial charge is 0.238 e. The minimum Gasteiger partial charge on any atom is -0.385 e. The van der Waals surface area contributed by atoms with Crippen molar-refractivity contribution in [2.45, 2.75) is 62.6 Å². The second-order valence-electron chi connectivity index (χ2n) is 6.25. The molecule has 1 heterocycles. The molecule has 2 aliphatic rings. The summed E-state index contributed by atoms with van der Waals surface area (Å²) in [5, 5.41) is 21.7. The van der Waals surface area contributed by atoms with Crippen LogP contribution in [0.5, 0.6) is 0 Å². The summed E-state index contributed by atoms with van der Waals surface area (Å²) in [4.78, 5) is 14.0. The monoisotopic (exact) mass is 340 g/mol. The molecule has 2 atom stereocenters. The van der Waals surface area contributed by atoms with Crippen LogP contribution in [0.3, 0.4) is 0 Å². The van der Waals surface area contributed by atoms with E-state index >= 15 is 0 Å². The third-order valence-electron chi connectivity index (χ3n) is 4.93. The molecule has 0 bridgehead atoms. The van der Waals surface area contributed by atoms with Crippen molar-refractivity contribution >= 4 is 18.3 Å². The number of amides is 1. The van der Waals surface area contributed by atoms with Crippen LogP contribution in [-0.2, 0) is 9.53 Å². The van der Waals surface area contributed by atoms with Crippen molar-refractivity contribution in [1.82, 2.24) is 10.2 Å². The Kier molecular flexibility index (Phi) is 7.78. The first-order valence-corrected chi connectivity index (χ1v) is 8.00. The zero-order chi connectivity index (χ0) is 16.0. The number of nitrogens with zero attached hydrogens (tertiary/aromatic N) is 3. The summed E-state index contributed by atoms with van der Waals surface area (Å²) in [5.74, 6) is -0.140. The highest BCUT2D eigenvalue weighted by Crippen LogP contribution is 2.32. The van der Waals surface area contributed by atoms with E-state index < -0.39 is 12.1 Å². The lowest BCUT2D eigenvalue weighted by Crippen LogP contribution is -2.51. The molecule has 0 aromatic heterocycles. The molecule has 0 unspecified atom stereocenters. The SMILES string of the molecule is COCCC1(NCC(=O)N2[C@H](C#N)CC[C@@H]2C#N)CCCC1.Cl. The van der Waals surface area contributed by atoms with Gasteiger partial charge in [0.05, 0.1) is 18.7 Å². The van der Waals surface area contributed by atoms with Gasteiger partial charge in [-0.25, -0.2) is 0 Å². The highest BCUT2D eigenvalue weighted by Gasteiger charge is 2.39. The first kappa shape index (κ1) is 19.7. The molecule has 2 fully saturated rings. The highest BCUT2D eigenvalue weighted by molar-refractivity contribution is 5.85. The van der Waals surface area contributed by atoms with Crippen LogP contribution in [0.15, 0.2) is 0 Å². The van der Waals surface area contributed by atoms with Gasteiger partial charge < -0.3 is 15.0 Å². The molecule has 6 nitrogen and oxygen atoms in total. The van der Waals surface area contributed by atoms with Gasteiger partial charge in [0.25, 0.3) is 0 Å².